The zero-order chi connectivity index (χ0) is 19.4. The van der Waals surface area contributed by atoms with Crippen LogP contribution in [0.3, 0.4) is 0 Å². The number of carbonyl (C=O) groups is 2. The van der Waals surface area contributed by atoms with Gasteiger partial charge >= 0.3 is 5.97 Å². The van der Waals surface area contributed by atoms with Crippen LogP contribution in [0.4, 0.5) is 5.00 Å². The summed E-state index contributed by atoms with van der Waals surface area (Å²) in [7, 11) is -2.08. The predicted octanol–water partition coefficient (Wildman–Crippen LogP) is 3.22. The van der Waals surface area contributed by atoms with Gasteiger partial charge in [0, 0.05) is 11.3 Å². The van der Waals surface area contributed by atoms with E-state index in [0.29, 0.717) is 10.6 Å². The molecule has 1 aliphatic rings. The second-order valence-electron chi connectivity index (χ2n) is 6.34. The molecular weight excluding hydrogens is 386 g/mol. The maximum atomic E-state index is 12.3. The number of aryl methyl sites for hydroxylation is 1. The van der Waals surface area contributed by atoms with Crippen LogP contribution in [0.25, 0.3) is 0 Å². The van der Waals surface area contributed by atoms with Crippen molar-refractivity contribution in [2.45, 2.75) is 37.0 Å². The number of methoxy groups -OCH3 is 1. The number of thiophene rings is 1. The van der Waals surface area contributed by atoms with Gasteiger partial charge in [-0.1, -0.05) is 18.2 Å². The average molecular weight is 408 g/mol. The third-order valence-corrected chi connectivity index (χ3v) is 7.51. The normalized spacial score (nSPS) is 13.2. The van der Waals surface area contributed by atoms with Crippen molar-refractivity contribution in [2.24, 2.45) is 0 Å². The second kappa shape index (κ2) is 8.22. The first-order chi connectivity index (χ1) is 12.9. The standard InChI is InChI=1S/C19H21NO5S2/c1-25-19(22)17-14-9-5-10-15(14)26-18(17)20-16(21)11-6-12-27(23,24)13-7-3-2-4-8-13/h2-4,7-8H,5-6,9-12H2,1H3,(H,20,21). The van der Waals surface area contributed by atoms with E-state index in [1.165, 1.54) is 18.4 Å². The van der Waals surface area contributed by atoms with Crippen LogP contribution in [0, 0.1) is 0 Å². The van der Waals surface area contributed by atoms with E-state index < -0.39 is 15.8 Å². The van der Waals surface area contributed by atoms with E-state index in [1.807, 2.05) is 0 Å². The van der Waals surface area contributed by atoms with Crippen LogP contribution in [0.1, 0.15) is 40.1 Å². The number of nitrogens with one attached hydrogen (secondary N) is 1. The van der Waals surface area contributed by atoms with Crippen molar-refractivity contribution in [3.8, 4) is 0 Å². The van der Waals surface area contributed by atoms with Crippen LogP contribution in [0.5, 0.6) is 0 Å². The first-order valence-corrected chi connectivity index (χ1v) is 11.2. The number of hydrogen-bond acceptors (Lipinski definition) is 6. The smallest absolute Gasteiger partial charge is 0.341 e. The Kier molecular flexibility index (Phi) is 5.96. The van der Waals surface area contributed by atoms with E-state index in [4.69, 9.17) is 4.74 Å². The molecule has 1 amide bonds. The average Bonchev–Trinajstić information content (AvgIpc) is 3.22. The lowest BCUT2D eigenvalue weighted by atomic mass is 10.1. The molecule has 0 saturated carbocycles. The Morgan fingerprint density at radius 3 is 2.63 bits per heavy atom. The molecule has 1 aliphatic carbocycles. The molecular formula is C19H21NO5S2. The minimum absolute atomic E-state index is 0.0647. The Balaban J connectivity index is 1.61. The summed E-state index contributed by atoms with van der Waals surface area (Å²) >= 11 is 1.41. The lowest BCUT2D eigenvalue weighted by molar-refractivity contribution is -0.116. The number of esters is 1. The van der Waals surface area contributed by atoms with Gasteiger partial charge in [-0.25, -0.2) is 13.2 Å². The molecule has 8 heteroatoms. The SMILES string of the molecule is COC(=O)c1c(NC(=O)CCCS(=O)(=O)c2ccccc2)sc2c1CCC2. The molecule has 0 unspecified atom stereocenters. The maximum Gasteiger partial charge on any atom is 0.341 e. The van der Waals surface area contributed by atoms with Gasteiger partial charge in [-0.05, 0) is 43.4 Å². The van der Waals surface area contributed by atoms with E-state index in [9.17, 15) is 18.0 Å². The van der Waals surface area contributed by atoms with Crippen molar-refractivity contribution >= 4 is 38.1 Å². The third kappa shape index (κ3) is 4.39. The molecule has 1 aromatic heterocycles. The van der Waals surface area contributed by atoms with E-state index in [-0.39, 0.29) is 29.4 Å². The Labute approximate surface area is 162 Å². The maximum absolute atomic E-state index is 12.3. The molecule has 27 heavy (non-hydrogen) atoms. The first-order valence-electron chi connectivity index (χ1n) is 8.73. The topological polar surface area (TPSA) is 89.5 Å². The van der Waals surface area contributed by atoms with Crippen molar-refractivity contribution in [1.82, 2.24) is 0 Å². The lowest BCUT2D eigenvalue weighted by Crippen LogP contribution is -2.16. The second-order valence-corrected chi connectivity index (χ2v) is 9.55. The summed E-state index contributed by atoms with van der Waals surface area (Å²) in [6, 6.07) is 8.19. The van der Waals surface area contributed by atoms with Crippen LogP contribution in [-0.4, -0.2) is 33.2 Å². The molecule has 3 rings (SSSR count). The number of rotatable bonds is 7. The number of sulfone groups is 1. The van der Waals surface area contributed by atoms with Gasteiger partial charge in [-0.2, -0.15) is 0 Å². The zero-order valence-electron chi connectivity index (χ0n) is 15.0. The van der Waals surface area contributed by atoms with E-state index in [0.717, 1.165) is 29.7 Å². The fourth-order valence-electron chi connectivity index (χ4n) is 3.17. The summed E-state index contributed by atoms with van der Waals surface area (Å²) in [5.74, 6) is -0.852. The van der Waals surface area contributed by atoms with Gasteiger partial charge in [0.05, 0.1) is 23.3 Å². The number of anilines is 1. The third-order valence-electron chi connectivity index (χ3n) is 4.48. The van der Waals surface area contributed by atoms with Crippen LogP contribution in [-0.2, 0) is 32.2 Å². The number of carbonyl (C=O) groups excluding carboxylic acids is 2. The number of fused-ring (bicyclic) bond motifs is 1. The molecule has 1 N–H and O–H groups in total. The Morgan fingerprint density at radius 2 is 1.93 bits per heavy atom. The van der Waals surface area contributed by atoms with E-state index in [1.54, 1.807) is 30.3 Å². The van der Waals surface area contributed by atoms with Crippen molar-refractivity contribution < 1.29 is 22.7 Å². The van der Waals surface area contributed by atoms with Crippen LogP contribution < -0.4 is 5.32 Å². The minimum Gasteiger partial charge on any atom is -0.465 e. The summed E-state index contributed by atoms with van der Waals surface area (Å²) in [5.41, 5.74) is 1.41. The highest BCUT2D eigenvalue weighted by molar-refractivity contribution is 7.91. The van der Waals surface area contributed by atoms with Gasteiger partial charge in [0.2, 0.25) is 5.91 Å². The molecule has 144 valence electrons. The number of hydrogen-bond donors (Lipinski definition) is 1. The summed E-state index contributed by atoms with van der Waals surface area (Å²) in [4.78, 5) is 25.7. The fourth-order valence-corrected chi connectivity index (χ4v) is 5.79. The molecule has 0 fully saturated rings. The summed E-state index contributed by atoms with van der Waals surface area (Å²) in [6.07, 6.45) is 2.98. The monoisotopic (exact) mass is 407 g/mol. The highest BCUT2D eigenvalue weighted by Crippen LogP contribution is 2.39. The highest BCUT2D eigenvalue weighted by Gasteiger charge is 2.28. The highest BCUT2D eigenvalue weighted by atomic mass is 32.2. The molecule has 0 atom stereocenters. The number of amides is 1. The van der Waals surface area contributed by atoms with Gasteiger partial charge in [-0.3, -0.25) is 4.79 Å². The van der Waals surface area contributed by atoms with Gasteiger partial charge in [0.1, 0.15) is 5.00 Å². The fraction of sp³-hybridized carbons (Fsp3) is 0.368. The lowest BCUT2D eigenvalue weighted by Gasteiger charge is -2.07. The molecule has 1 aromatic carbocycles. The Hall–Kier alpha value is -2.19. The first kappa shape index (κ1) is 19.6. The molecule has 0 spiro atoms. The molecule has 0 saturated heterocycles. The molecule has 2 aromatic rings. The van der Waals surface area contributed by atoms with Crippen molar-refractivity contribution in [3.05, 3.63) is 46.3 Å². The summed E-state index contributed by atoms with van der Waals surface area (Å²) < 4.78 is 29.4. The zero-order valence-corrected chi connectivity index (χ0v) is 16.6. The Morgan fingerprint density at radius 1 is 1.19 bits per heavy atom. The van der Waals surface area contributed by atoms with Crippen LogP contribution >= 0.6 is 11.3 Å². The van der Waals surface area contributed by atoms with E-state index >= 15 is 0 Å². The summed E-state index contributed by atoms with van der Waals surface area (Å²) in [6.45, 7) is 0. The summed E-state index contributed by atoms with van der Waals surface area (Å²) in [5, 5.41) is 3.27. The van der Waals surface area contributed by atoms with Gasteiger partial charge in [0.25, 0.3) is 0 Å². The molecule has 0 aliphatic heterocycles. The van der Waals surface area contributed by atoms with Gasteiger partial charge in [0.15, 0.2) is 9.84 Å². The predicted molar refractivity (Wildman–Crippen MR) is 104 cm³/mol. The van der Waals surface area contributed by atoms with Crippen molar-refractivity contribution in [3.63, 3.8) is 0 Å². The van der Waals surface area contributed by atoms with Gasteiger partial charge in [-0.15, -0.1) is 11.3 Å². The minimum atomic E-state index is -3.40. The molecule has 0 radical (unpaired) electrons. The molecule has 6 nitrogen and oxygen atoms in total. The van der Waals surface area contributed by atoms with Crippen LogP contribution in [0.2, 0.25) is 0 Å². The molecule has 0 bridgehead atoms. The van der Waals surface area contributed by atoms with Crippen molar-refractivity contribution in [2.75, 3.05) is 18.2 Å². The number of benzene rings is 1. The largest absolute Gasteiger partial charge is 0.465 e. The molecule has 1 heterocycles. The van der Waals surface area contributed by atoms with Gasteiger partial charge < -0.3 is 10.1 Å². The van der Waals surface area contributed by atoms with Crippen LogP contribution in [0.15, 0.2) is 35.2 Å². The quantitative estimate of drug-likeness (QED) is 0.712. The van der Waals surface area contributed by atoms with E-state index in [2.05, 4.69) is 5.32 Å². The van der Waals surface area contributed by atoms with Crippen molar-refractivity contribution in [1.29, 1.82) is 0 Å². The Bertz CT molecular complexity index is 948. The number of ether oxygens (including phenoxy) is 1.